The van der Waals surface area contributed by atoms with Crippen LogP contribution in [0.15, 0.2) is 66.9 Å². The summed E-state index contributed by atoms with van der Waals surface area (Å²) >= 11 is 0. The monoisotopic (exact) mass is 370 g/mol. The summed E-state index contributed by atoms with van der Waals surface area (Å²) < 4.78 is 16.7. The van der Waals surface area contributed by atoms with E-state index in [2.05, 4.69) is 10.3 Å². The van der Waals surface area contributed by atoms with E-state index in [4.69, 9.17) is 14.2 Å². The van der Waals surface area contributed by atoms with Crippen molar-refractivity contribution in [3.8, 4) is 23.1 Å². The third-order valence-electron chi connectivity index (χ3n) is 3.89. The molecule has 0 aliphatic carbocycles. The van der Waals surface area contributed by atoms with Gasteiger partial charge in [-0.15, -0.1) is 12.4 Å². The van der Waals surface area contributed by atoms with Crippen LogP contribution in [0.3, 0.4) is 0 Å². The van der Waals surface area contributed by atoms with Crippen molar-refractivity contribution in [3.63, 3.8) is 0 Å². The maximum Gasteiger partial charge on any atom is 0.231 e. The van der Waals surface area contributed by atoms with Crippen LogP contribution in [0.4, 0.5) is 0 Å². The average Bonchev–Trinajstić information content (AvgIpc) is 3.13. The van der Waals surface area contributed by atoms with E-state index >= 15 is 0 Å². The second-order valence-electron chi connectivity index (χ2n) is 5.67. The molecule has 0 spiro atoms. The largest absolute Gasteiger partial charge is 0.454 e. The van der Waals surface area contributed by atoms with Crippen LogP contribution in [0, 0.1) is 0 Å². The Morgan fingerprint density at radius 2 is 1.85 bits per heavy atom. The minimum Gasteiger partial charge on any atom is -0.454 e. The zero-order chi connectivity index (χ0) is 16.9. The van der Waals surface area contributed by atoms with Crippen molar-refractivity contribution in [1.82, 2.24) is 10.3 Å². The first kappa shape index (κ1) is 18.0. The number of para-hydroxylation sites is 2. The second-order valence-corrected chi connectivity index (χ2v) is 5.67. The van der Waals surface area contributed by atoms with E-state index in [1.807, 2.05) is 60.7 Å². The van der Waals surface area contributed by atoms with Gasteiger partial charge in [0.05, 0.1) is 0 Å². The summed E-state index contributed by atoms with van der Waals surface area (Å²) in [6, 6.07) is 19.5. The first-order valence-corrected chi connectivity index (χ1v) is 8.14. The van der Waals surface area contributed by atoms with Crippen molar-refractivity contribution in [2.45, 2.75) is 13.1 Å². The van der Waals surface area contributed by atoms with E-state index in [0.29, 0.717) is 19.0 Å². The van der Waals surface area contributed by atoms with Gasteiger partial charge in [0.25, 0.3) is 0 Å². The molecule has 0 saturated carbocycles. The molecule has 1 aliphatic heterocycles. The second kappa shape index (κ2) is 8.56. The number of nitrogens with zero attached hydrogens (tertiary/aromatic N) is 1. The fourth-order valence-corrected chi connectivity index (χ4v) is 2.70. The summed E-state index contributed by atoms with van der Waals surface area (Å²) in [6.07, 6.45) is 1.76. The molecule has 0 atom stereocenters. The highest BCUT2D eigenvalue weighted by Gasteiger charge is 2.16. The zero-order valence-electron chi connectivity index (χ0n) is 14.1. The topological polar surface area (TPSA) is 52.6 Å². The van der Waals surface area contributed by atoms with Crippen LogP contribution in [0.25, 0.3) is 0 Å². The molecule has 0 saturated heterocycles. The van der Waals surface area contributed by atoms with Crippen molar-refractivity contribution in [2.75, 3.05) is 6.79 Å². The lowest BCUT2D eigenvalue weighted by molar-refractivity contribution is 0.173. The van der Waals surface area contributed by atoms with E-state index in [-0.39, 0.29) is 19.2 Å². The molecule has 4 rings (SSSR count). The van der Waals surface area contributed by atoms with Crippen LogP contribution in [-0.2, 0) is 13.1 Å². The summed E-state index contributed by atoms with van der Waals surface area (Å²) in [5.74, 6) is 3.00. The first-order chi connectivity index (χ1) is 12.4. The highest BCUT2D eigenvalue weighted by atomic mass is 35.5. The summed E-state index contributed by atoms with van der Waals surface area (Å²) in [7, 11) is 0. The number of nitrogens with one attached hydrogen (secondary N) is 1. The predicted octanol–water partition coefficient (Wildman–Crippen LogP) is 4.31. The third kappa shape index (κ3) is 4.25. The maximum atomic E-state index is 5.77. The summed E-state index contributed by atoms with van der Waals surface area (Å²) in [5, 5.41) is 3.42. The van der Waals surface area contributed by atoms with Crippen LogP contribution >= 0.6 is 12.4 Å². The van der Waals surface area contributed by atoms with Crippen molar-refractivity contribution in [3.05, 3.63) is 78.0 Å². The lowest BCUT2D eigenvalue weighted by atomic mass is 10.2. The Balaban J connectivity index is 0.00000196. The molecule has 134 valence electrons. The van der Waals surface area contributed by atoms with Gasteiger partial charge in [0.2, 0.25) is 12.7 Å². The van der Waals surface area contributed by atoms with Gasteiger partial charge in [0.1, 0.15) is 5.75 Å². The molecule has 0 bridgehead atoms. The molecule has 0 fully saturated rings. The predicted molar refractivity (Wildman–Crippen MR) is 101 cm³/mol. The Morgan fingerprint density at radius 1 is 0.962 bits per heavy atom. The van der Waals surface area contributed by atoms with E-state index in [9.17, 15) is 0 Å². The first-order valence-electron chi connectivity index (χ1n) is 8.14. The normalized spacial score (nSPS) is 11.7. The smallest absolute Gasteiger partial charge is 0.231 e. The summed E-state index contributed by atoms with van der Waals surface area (Å²) in [4.78, 5) is 4.26. The molecular formula is C20H19ClN2O3. The standard InChI is InChI=1S/C20H18N2O3.ClH/c1-2-6-17(7-3-1)25-19-11-15(9-10-22-19)12-21-13-16-5-4-8-18-20(16)24-14-23-18;/h1-11,21H,12-14H2;1H. The number of halogens is 1. The van der Waals surface area contributed by atoms with E-state index < -0.39 is 0 Å². The highest BCUT2D eigenvalue weighted by molar-refractivity contribution is 5.85. The van der Waals surface area contributed by atoms with E-state index in [1.54, 1.807) is 6.20 Å². The quantitative estimate of drug-likeness (QED) is 0.700. The van der Waals surface area contributed by atoms with Gasteiger partial charge in [-0.2, -0.15) is 0 Å². The van der Waals surface area contributed by atoms with Crippen LogP contribution < -0.4 is 19.5 Å². The maximum absolute atomic E-state index is 5.77. The van der Waals surface area contributed by atoms with Crippen molar-refractivity contribution in [1.29, 1.82) is 0 Å². The number of ether oxygens (including phenoxy) is 3. The summed E-state index contributed by atoms with van der Waals surface area (Å²) in [6.45, 7) is 1.69. The molecule has 2 heterocycles. The third-order valence-corrected chi connectivity index (χ3v) is 3.89. The Morgan fingerprint density at radius 3 is 2.73 bits per heavy atom. The van der Waals surface area contributed by atoms with Crippen LogP contribution in [0.2, 0.25) is 0 Å². The SMILES string of the molecule is Cl.c1ccc(Oc2cc(CNCc3cccc4c3OCO4)ccn2)cc1. The molecule has 0 unspecified atom stereocenters. The van der Waals surface area contributed by atoms with Crippen LogP contribution in [0.5, 0.6) is 23.1 Å². The average molecular weight is 371 g/mol. The van der Waals surface area contributed by atoms with E-state index in [1.165, 1.54) is 0 Å². The molecule has 5 nitrogen and oxygen atoms in total. The van der Waals surface area contributed by atoms with Gasteiger partial charge in [-0.1, -0.05) is 30.3 Å². The Hall–Kier alpha value is -2.76. The lowest BCUT2D eigenvalue weighted by Crippen LogP contribution is -2.13. The molecule has 0 amide bonds. The van der Waals surface area contributed by atoms with Gasteiger partial charge in [-0.25, -0.2) is 4.98 Å². The van der Waals surface area contributed by atoms with Gasteiger partial charge in [0.15, 0.2) is 11.5 Å². The number of hydrogen-bond acceptors (Lipinski definition) is 5. The van der Waals surface area contributed by atoms with Crippen LogP contribution in [-0.4, -0.2) is 11.8 Å². The number of hydrogen-bond donors (Lipinski definition) is 1. The van der Waals surface area contributed by atoms with Crippen molar-refractivity contribution in [2.24, 2.45) is 0 Å². The van der Waals surface area contributed by atoms with Gasteiger partial charge < -0.3 is 19.5 Å². The fourth-order valence-electron chi connectivity index (χ4n) is 2.70. The Kier molecular flexibility index (Phi) is 5.94. The number of rotatable bonds is 6. The molecule has 3 aromatic rings. The molecule has 0 radical (unpaired) electrons. The minimum atomic E-state index is 0. The van der Waals surface area contributed by atoms with Gasteiger partial charge in [-0.05, 0) is 29.8 Å². The van der Waals surface area contributed by atoms with Crippen molar-refractivity contribution >= 4 is 12.4 Å². The number of fused-ring (bicyclic) bond motifs is 1. The lowest BCUT2D eigenvalue weighted by Gasteiger charge is -2.09. The van der Waals surface area contributed by atoms with Gasteiger partial charge in [-0.3, -0.25) is 0 Å². The molecular weight excluding hydrogens is 352 g/mol. The van der Waals surface area contributed by atoms with Crippen molar-refractivity contribution < 1.29 is 14.2 Å². The Labute approximate surface area is 158 Å². The van der Waals surface area contributed by atoms with Gasteiger partial charge >= 0.3 is 0 Å². The molecule has 2 aromatic carbocycles. The molecule has 6 heteroatoms. The van der Waals surface area contributed by atoms with Gasteiger partial charge in [0, 0.05) is 30.9 Å². The zero-order valence-corrected chi connectivity index (χ0v) is 14.9. The van der Waals surface area contributed by atoms with Crippen LogP contribution in [0.1, 0.15) is 11.1 Å². The molecule has 1 aliphatic rings. The number of benzene rings is 2. The van der Waals surface area contributed by atoms with E-state index in [0.717, 1.165) is 28.4 Å². The summed E-state index contributed by atoms with van der Waals surface area (Å²) in [5.41, 5.74) is 2.19. The number of pyridine rings is 1. The molecule has 1 aromatic heterocycles. The number of aromatic nitrogens is 1. The minimum absolute atomic E-state index is 0. The Bertz CT molecular complexity index is 859. The highest BCUT2D eigenvalue weighted by Crippen LogP contribution is 2.35. The fraction of sp³-hybridized carbons (Fsp3) is 0.150. The molecule has 26 heavy (non-hydrogen) atoms. The molecule has 1 N–H and O–H groups in total.